The number of carbonyl (C=O) groups excluding carboxylic acids is 1. The van der Waals surface area contributed by atoms with E-state index < -0.39 is 0 Å². The molecule has 0 fully saturated rings. The molecule has 2 aromatic heterocycles. The van der Waals surface area contributed by atoms with Gasteiger partial charge in [-0.05, 0) is 41.5 Å². The molecular formula is C20H25N5OS. The third-order valence-corrected chi connectivity index (χ3v) is 5.33. The van der Waals surface area contributed by atoms with Crippen molar-refractivity contribution in [2.24, 2.45) is 0 Å². The number of nitrogens with zero attached hydrogens (tertiary/aromatic N) is 2. The number of rotatable bonds is 7. The van der Waals surface area contributed by atoms with Gasteiger partial charge in [0.15, 0.2) is 0 Å². The van der Waals surface area contributed by atoms with Crippen molar-refractivity contribution in [3.8, 4) is 0 Å². The molecule has 27 heavy (non-hydrogen) atoms. The van der Waals surface area contributed by atoms with E-state index in [0.717, 1.165) is 28.1 Å². The van der Waals surface area contributed by atoms with Crippen LogP contribution in [0, 0.1) is 0 Å². The predicted octanol–water partition coefficient (Wildman–Crippen LogP) is 4.83. The fourth-order valence-corrected chi connectivity index (χ4v) is 3.55. The second kappa shape index (κ2) is 8.81. The van der Waals surface area contributed by atoms with Gasteiger partial charge < -0.3 is 16.0 Å². The number of hydrogen-bond donors (Lipinski definition) is 3. The average Bonchev–Trinajstić information content (AvgIpc) is 3.15. The van der Waals surface area contributed by atoms with Gasteiger partial charge in [-0.15, -0.1) is 11.3 Å². The second-order valence-corrected chi connectivity index (χ2v) is 7.63. The van der Waals surface area contributed by atoms with E-state index in [1.165, 1.54) is 5.56 Å². The molecular weight excluding hydrogens is 358 g/mol. The Morgan fingerprint density at radius 1 is 1.15 bits per heavy atom. The summed E-state index contributed by atoms with van der Waals surface area (Å²) >= 11 is 1.60. The van der Waals surface area contributed by atoms with E-state index in [4.69, 9.17) is 0 Å². The van der Waals surface area contributed by atoms with E-state index in [-0.39, 0.29) is 12.1 Å². The number of nitrogens with one attached hydrogen (secondary N) is 3. The van der Waals surface area contributed by atoms with Gasteiger partial charge in [0, 0.05) is 18.3 Å². The maximum absolute atomic E-state index is 12.3. The molecule has 1 aromatic carbocycles. The van der Waals surface area contributed by atoms with Crippen LogP contribution in [0.2, 0.25) is 0 Å². The zero-order chi connectivity index (χ0) is 19.2. The van der Waals surface area contributed by atoms with Gasteiger partial charge in [-0.25, -0.2) is 14.8 Å². The second-order valence-electron chi connectivity index (χ2n) is 6.72. The summed E-state index contributed by atoms with van der Waals surface area (Å²) in [6.07, 6.45) is 2.37. The maximum atomic E-state index is 12.3. The summed E-state index contributed by atoms with van der Waals surface area (Å²) in [6, 6.07) is 9.71. The number of amides is 2. The van der Waals surface area contributed by atoms with Crippen LogP contribution in [-0.4, -0.2) is 28.6 Å². The van der Waals surface area contributed by atoms with Crippen molar-refractivity contribution < 1.29 is 4.79 Å². The van der Waals surface area contributed by atoms with Gasteiger partial charge in [0.25, 0.3) is 0 Å². The van der Waals surface area contributed by atoms with Crippen molar-refractivity contribution in [3.63, 3.8) is 0 Å². The lowest BCUT2D eigenvalue weighted by atomic mass is 10.0. The van der Waals surface area contributed by atoms with Crippen LogP contribution < -0.4 is 16.0 Å². The maximum Gasteiger partial charge on any atom is 0.319 e. The minimum atomic E-state index is -0.204. The molecule has 0 bridgehead atoms. The summed E-state index contributed by atoms with van der Waals surface area (Å²) in [5, 5.41) is 11.2. The molecule has 0 saturated carbocycles. The van der Waals surface area contributed by atoms with Gasteiger partial charge in [0.2, 0.25) is 0 Å². The lowest BCUT2D eigenvalue weighted by molar-refractivity contribution is 0.248. The summed E-state index contributed by atoms with van der Waals surface area (Å²) in [7, 11) is 0. The summed E-state index contributed by atoms with van der Waals surface area (Å²) in [4.78, 5) is 20.9. The molecule has 1 unspecified atom stereocenters. The number of urea groups is 1. The van der Waals surface area contributed by atoms with Gasteiger partial charge in [-0.2, -0.15) is 0 Å². The van der Waals surface area contributed by atoms with E-state index in [1.807, 2.05) is 42.6 Å². The number of benzene rings is 1. The Labute approximate surface area is 163 Å². The van der Waals surface area contributed by atoms with Crippen LogP contribution in [0.5, 0.6) is 0 Å². The van der Waals surface area contributed by atoms with Crippen molar-refractivity contribution in [3.05, 3.63) is 47.6 Å². The number of carbonyl (C=O) groups is 1. The highest BCUT2D eigenvalue weighted by atomic mass is 32.1. The normalized spacial score (nSPS) is 12.1. The Balaban J connectivity index is 1.54. The standard InChI is InChI=1S/C20H25N5OS/c1-4-15(11-21-19-18-17(9-10-27-18)22-12-23-19)24-20(26)25-16-7-5-14(6-8-16)13(2)3/h5-10,12-13,15H,4,11H2,1-3H3,(H,21,22,23)(H2,24,25,26). The first-order valence-electron chi connectivity index (χ1n) is 9.16. The lowest BCUT2D eigenvalue weighted by Gasteiger charge is -2.18. The van der Waals surface area contributed by atoms with Crippen LogP contribution in [0.25, 0.3) is 10.2 Å². The molecule has 0 aliphatic heterocycles. The zero-order valence-corrected chi connectivity index (χ0v) is 16.6. The fourth-order valence-electron chi connectivity index (χ4n) is 2.74. The molecule has 3 aromatic rings. The Hall–Kier alpha value is -2.67. The van der Waals surface area contributed by atoms with Crippen LogP contribution in [0.4, 0.5) is 16.3 Å². The highest BCUT2D eigenvalue weighted by Gasteiger charge is 2.12. The first-order valence-corrected chi connectivity index (χ1v) is 10.0. The minimum Gasteiger partial charge on any atom is -0.367 e. The third kappa shape index (κ3) is 4.95. The summed E-state index contributed by atoms with van der Waals surface area (Å²) in [5.41, 5.74) is 2.97. The van der Waals surface area contributed by atoms with Gasteiger partial charge >= 0.3 is 6.03 Å². The number of hydrogen-bond acceptors (Lipinski definition) is 5. The number of fused-ring (bicyclic) bond motifs is 1. The highest BCUT2D eigenvalue weighted by Crippen LogP contribution is 2.24. The predicted molar refractivity (Wildman–Crippen MR) is 113 cm³/mol. The van der Waals surface area contributed by atoms with Gasteiger partial charge in [0.1, 0.15) is 12.1 Å². The van der Waals surface area contributed by atoms with Gasteiger partial charge in [-0.1, -0.05) is 32.9 Å². The number of aromatic nitrogens is 2. The molecule has 7 heteroatoms. The average molecular weight is 384 g/mol. The van der Waals surface area contributed by atoms with Crippen LogP contribution in [0.15, 0.2) is 42.0 Å². The molecule has 0 radical (unpaired) electrons. The Kier molecular flexibility index (Phi) is 6.24. The molecule has 3 rings (SSSR count). The molecule has 3 N–H and O–H groups in total. The molecule has 0 aliphatic carbocycles. The Morgan fingerprint density at radius 2 is 1.93 bits per heavy atom. The lowest BCUT2D eigenvalue weighted by Crippen LogP contribution is -2.41. The largest absolute Gasteiger partial charge is 0.367 e. The van der Waals surface area contributed by atoms with Crippen molar-refractivity contribution in [1.82, 2.24) is 15.3 Å². The monoisotopic (exact) mass is 383 g/mol. The van der Waals surface area contributed by atoms with E-state index >= 15 is 0 Å². The molecule has 2 amide bonds. The van der Waals surface area contributed by atoms with E-state index in [2.05, 4.69) is 39.8 Å². The quantitative estimate of drug-likeness (QED) is 0.546. The molecule has 0 spiro atoms. The van der Waals surface area contributed by atoms with Crippen LogP contribution in [-0.2, 0) is 0 Å². The third-order valence-electron chi connectivity index (χ3n) is 4.42. The summed E-state index contributed by atoms with van der Waals surface area (Å²) < 4.78 is 1.03. The highest BCUT2D eigenvalue weighted by molar-refractivity contribution is 7.17. The number of anilines is 2. The molecule has 2 heterocycles. The summed E-state index contributed by atoms with van der Waals surface area (Å²) in [6.45, 7) is 6.94. The zero-order valence-electron chi connectivity index (χ0n) is 15.8. The Bertz CT molecular complexity index is 891. The molecule has 142 valence electrons. The van der Waals surface area contributed by atoms with Crippen molar-refractivity contribution >= 4 is 39.1 Å². The van der Waals surface area contributed by atoms with E-state index in [1.54, 1.807) is 17.7 Å². The van der Waals surface area contributed by atoms with Crippen LogP contribution in [0.1, 0.15) is 38.7 Å². The first kappa shape index (κ1) is 19.1. The Morgan fingerprint density at radius 3 is 2.63 bits per heavy atom. The molecule has 1 atom stereocenters. The van der Waals surface area contributed by atoms with Crippen LogP contribution in [0.3, 0.4) is 0 Å². The van der Waals surface area contributed by atoms with Gasteiger partial charge in [-0.3, -0.25) is 0 Å². The van der Waals surface area contributed by atoms with Crippen LogP contribution >= 0.6 is 11.3 Å². The SMILES string of the molecule is CCC(CNc1ncnc2ccsc12)NC(=O)Nc1ccc(C(C)C)cc1. The topological polar surface area (TPSA) is 78.9 Å². The first-order chi connectivity index (χ1) is 13.1. The van der Waals surface area contributed by atoms with E-state index in [0.29, 0.717) is 12.5 Å². The molecule has 0 saturated heterocycles. The fraction of sp³-hybridized carbons (Fsp3) is 0.350. The van der Waals surface area contributed by atoms with Gasteiger partial charge in [0.05, 0.1) is 10.2 Å². The van der Waals surface area contributed by atoms with Crippen molar-refractivity contribution in [2.45, 2.75) is 39.2 Å². The molecule has 6 nitrogen and oxygen atoms in total. The number of thiophene rings is 1. The van der Waals surface area contributed by atoms with Crippen molar-refractivity contribution in [2.75, 3.05) is 17.2 Å². The smallest absolute Gasteiger partial charge is 0.319 e. The van der Waals surface area contributed by atoms with Crippen molar-refractivity contribution in [1.29, 1.82) is 0 Å². The molecule has 0 aliphatic rings. The van der Waals surface area contributed by atoms with E-state index in [9.17, 15) is 4.79 Å². The summed E-state index contributed by atoms with van der Waals surface area (Å²) in [5.74, 6) is 1.28. The minimum absolute atomic E-state index is 0.00934.